The number of halogens is 1. The Balaban J connectivity index is 1.33. The number of amides is 1. The molecule has 3 N–H and O–H groups in total. The molecule has 3 aromatic rings. The largest absolute Gasteiger partial charge is 0.480 e. The molecule has 1 saturated heterocycles. The van der Waals surface area contributed by atoms with Crippen LogP contribution in [0.4, 0.5) is 11.5 Å². The summed E-state index contributed by atoms with van der Waals surface area (Å²) in [4.78, 5) is 31.5. The molecule has 4 rings (SSSR count). The van der Waals surface area contributed by atoms with Crippen molar-refractivity contribution in [3.63, 3.8) is 0 Å². The van der Waals surface area contributed by atoms with Gasteiger partial charge in [-0.25, -0.2) is 9.78 Å². The third-order valence-corrected chi connectivity index (χ3v) is 6.75. The molecule has 36 heavy (non-hydrogen) atoms. The number of aryl methyl sites for hydroxylation is 2. The summed E-state index contributed by atoms with van der Waals surface area (Å²) in [6, 6.07) is 16.2. The first-order valence-corrected chi connectivity index (χ1v) is 12.5. The summed E-state index contributed by atoms with van der Waals surface area (Å²) in [6.07, 6.45) is 2.60. The third-order valence-electron chi connectivity index (χ3n) is 6.53. The standard InChI is InChI=1S/C28H31ClN4O3/c1-3-21-14-22(29)12-18(2)26(21)27(34)32-24(28(35)36)13-19-7-9-23(10-8-19)33-16-20(17-33)15-31-25-6-4-5-11-30-25/h4-12,14,20,24H,3,13,15-17H2,1-2H3,(H,30,31)(H,32,34)(H,35,36). The minimum Gasteiger partial charge on any atom is -0.480 e. The second-order valence-electron chi connectivity index (χ2n) is 9.21. The average Bonchev–Trinajstić information content (AvgIpc) is 2.83. The number of rotatable bonds is 10. The van der Waals surface area contributed by atoms with Gasteiger partial charge in [-0.3, -0.25) is 4.79 Å². The normalized spacial score (nSPS) is 14.1. The van der Waals surface area contributed by atoms with Crippen LogP contribution < -0.4 is 15.5 Å². The SMILES string of the molecule is CCc1cc(Cl)cc(C)c1C(=O)NC(Cc1ccc(N2CC(CNc3ccccn3)C2)cc1)C(=O)O. The smallest absolute Gasteiger partial charge is 0.326 e. The molecule has 0 aliphatic carbocycles. The van der Waals surface area contributed by atoms with Crippen molar-refractivity contribution in [1.82, 2.24) is 10.3 Å². The Morgan fingerprint density at radius 1 is 1.17 bits per heavy atom. The van der Waals surface area contributed by atoms with Gasteiger partial charge in [0, 0.05) is 54.4 Å². The predicted octanol–water partition coefficient (Wildman–Crippen LogP) is 4.58. The molecule has 1 aliphatic rings. The number of carbonyl (C=O) groups excluding carboxylic acids is 1. The lowest BCUT2D eigenvalue weighted by molar-refractivity contribution is -0.139. The highest BCUT2D eigenvalue weighted by Crippen LogP contribution is 2.26. The fourth-order valence-electron chi connectivity index (χ4n) is 4.55. The third kappa shape index (κ3) is 6.15. The summed E-state index contributed by atoms with van der Waals surface area (Å²) in [5.74, 6) is -0.0285. The Kier molecular flexibility index (Phi) is 8.10. The first-order valence-electron chi connectivity index (χ1n) is 12.2. The molecular formula is C28H31ClN4O3. The van der Waals surface area contributed by atoms with E-state index in [9.17, 15) is 14.7 Å². The van der Waals surface area contributed by atoms with Crippen molar-refractivity contribution in [2.45, 2.75) is 32.7 Å². The van der Waals surface area contributed by atoms with E-state index in [4.69, 9.17) is 11.6 Å². The van der Waals surface area contributed by atoms with E-state index in [1.807, 2.05) is 56.3 Å². The highest BCUT2D eigenvalue weighted by atomic mass is 35.5. The van der Waals surface area contributed by atoms with Gasteiger partial charge in [-0.1, -0.05) is 36.7 Å². The van der Waals surface area contributed by atoms with Crippen molar-refractivity contribution >= 4 is 35.0 Å². The zero-order valence-corrected chi connectivity index (χ0v) is 21.3. The van der Waals surface area contributed by atoms with E-state index in [1.165, 1.54) is 0 Å². The Bertz CT molecular complexity index is 1210. The highest BCUT2D eigenvalue weighted by Gasteiger charge is 2.27. The molecule has 2 aromatic carbocycles. The monoisotopic (exact) mass is 506 g/mol. The van der Waals surface area contributed by atoms with E-state index < -0.39 is 17.9 Å². The number of hydrogen-bond acceptors (Lipinski definition) is 5. The van der Waals surface area contributed by atoms with Gasteiger partial charge in [0.25, 0.3) is 5.91 Å². The van der Waals surface area contributed by atoms with Gasteiger partial charge in [0.2, 0.25) is 0 Å². The van der Waals surface area contributed by atoms with E-state index in [2.05, 4.69) is 20.5 Å². The number of anilines is 2. The number of nitrogens with zero attached hydrogens (tertiary/aromatic N) is 2. The maximum Gasteiger partial charge on any atom is 0.326 e. The van der Waals surface area contributed by atoms with Crippen LogP contribution in [0.1, 0.15) is 34.0 Å². The first-order chi connectivity index (χ1) is 17.3. The number of carbonyl (C=O) groups is 2. The van der Waals surface area contributed by atoms with E-state index in [-0.39, 0.29) is 6.42 Å². The van der Waals surface area contributed by atoms with Gasteiger partial charge in [-0.2, -0.15) is 0 Å². The van der Waals surface area contributed by atoms with E-state index in [0.717, 1.165) is 47.8 Å². The molecule has 188 valence electrons. The molecule has 1 unspecified atom stereocenters. The van der Waals surface area contributed by atoms with Gasteiger partial charge >= 0.3 is 5.97 Å². The van der Waals surface area contributed by atoms with Crippen molar-refractivity contribution in [2.24, 2.45) is 5.92 Å². The summed E-state index contributed by atoms with van der Waals surface area (Å²) in [6.45, 7) is 6.53. The van der Waals surface area contributed by atoms with Crippen LogP contribution >= 0.6 is 11.6 Å². The van der Waals surface area contributed by atoms with Crippen LogP contribution in [0.5, 0.6) is 0 Å². The summed E-state index contributed by atoms with van der Waals surface area (Å²) in [5, 5.41) is 16.4. The van der Waals surface area contributed by atoms with Crippen LogP contribution in [0.15, 0.2) is 60.8 Å². The number of carboxylic acid groups (broad SMARTS) is 1. The molecule has 0 saturated carbocycles. The highest BCUT2D eigenvalue weighted by molar-refractivity contribution is 6.30. The Hall–Kier alpha value is -3.58. The number of nitrogens with one attached hydrogen (secondary N) is 2. The molecule has 7 nitrogen and oxygen atoms in total. The quantitative estimate of drug-likeness (QED) is 0.372. The van der Waals surface area contributed by atoms with Crippen LogP contribution in [-0.4, -0.2) is 47.6 Å². The maximum absolute atomic E-state index is 13.0. The molecule has 1 atom stereocenters. The van der Waals surface area contributed by atoms with Crippen LogP contribution in [0.25, 0.3) is 0 Å². The summed E-state index contributed by atoms with van der Waals surface area (Å²) >= 11 is 6.13. The first kappa shape index (κ1) is 25.5. The van der Waals surface area contributed by atoms with Crippen molar-refractivity contribution < 1.29 is 14.7 Å². The van der Waals surface area contributed by atoms with Gasteiger partial charge in [-0.15, -0.1) is 0 Å². The molecule has 2 heterocycles. The van der Waals surface area contributed by atoms with Gasteiger partial charge in [0.05, 0.1) is 0 Å². The molecule has 0 spiro atoms. The minimum atomic E-state index is -1.07. The lowest BCUT2D eigenvalue weighted by atomic mass is 9.97. The Morgan fingerprint density at radius 3 is 2.56 bits per heavy atom. The van der Waals surface area contributed by atoms with Crippen LogP contribution in [0.2, 0.25) is 5.02 Å². The molecule has 0 radical (unpaired) electrons. The number of carboxylic acids is 1. The minimum absolute atomic E-state index is 0.200. The maximum atomic E-state index is 13.0. The van der Waals surface area contributed by atoms with Gasteiger partial charge < -0.3 is 20.6 Å². The second kappa shape index (κ2) is 11.4. The topological polar surface area (TPSA) is 94.6 Å². The van der Waals surface area contributed by atoms with Gasteiger partial charge in [-0.05, 0) is 66.4 Å². The van der Waals surface area contributed by atoms with Crippen molar-refractivity contribution in [2.75, 3.05) is 29.9 Å². The number of aromatic nitrogens is 1. The summed E-state index contributed by atoms with van der Waals surface area (Å²) in [5.41, 5.74) is 3.98. The number of aliphatic carboxylic acids is 1. The van der Waals surface area contributed by atoms with Gasteiger partial charge in [0.1, 0.15) is 11.9 Å². The summed E-state index contributed by atoms with van der Waals surface area (Å²) < 4.78 is 0. The van der Waals surface area contributed by atoms with E-state index in [1.54, 1.807) is 18.3 Å². The Labute approximate surface area is 216 Å². The lowest BCUT2D eigenvalue weighted by Crippen LogP contribution is -2.49. The number of benzene rings is 2. The molecule has 0 bridgehead atoms. The number of pyridine rings is 1. The molecular weight excluding hydrogens is 476 g/mol. The van der Waals surface area contributed by atoms with E-state index >= 15 is 0 Å². The fraction of sp³-hybridized carbons (Fsp3) is 0.321. The summed E-state index contributed by atoms with van der Waals surface area (Å²) in [7, 11) is 0. The zero-order chi connectivity index (χ0) is 25.7. The van der Waals surface area contributed by atoms with Crippen LogP contribution in [-0.2, 0) is 17.6 Å². The molecule has 1 aliphatic heterocycles. The predicted molar refractivity (Wildman–Crippen MR) is 143 cm³/mol. The van der Waals surface area contributed by atoms with E-state index in [0.29, 0.717) is 22.9 Å². The molecule has 1 amide bonds. The van der Waals surface area contributed by atoms with Crippen LogP contribution in [0, 0.1) is 12.8 Å². The van der Waals surface area contributed by atoms with Crippen molar-refractivity contribution in [3.8, 4) is 0 Å². The Morgan fingerprint density at radius 2 is 1.92 bits per heavy atom. The zero-order valence-electron chi connectivity index (χ0n) is 20.5. The second-order valence-corrected chi connectivity index (χ2v) is 9.65. The molecule has 1 aromatic heterocycles. The fourth-order valence-corrected chi connectivity index (χ4v) is 4.85. The molecule has 1 fully saturated rings. The van der Waals surface area contributed by atoms with Crippen molar-refractivity contribution in [1.29, 1.82) is 0 Å². The average molecular weight is 507 g/mol. The number of hydrogen-bond donors (Lipinski definition) is 3. The molecule has 8 heteroatoms. The van der Waals surface area contributed by atoms with Gasteiger partial charge in [0.15, 0.2) is 0 Å². The lowest BCUT2D eigenvalue weighted by Gasteiger charge is -2.41. The van der Waals surface area contributed by atoms with Crippen LogP contribution in [0.3, 0.4) is 0 Å². The van der Waals surface area contributed by atoms with Crippen molar-refractivity contribution in [3.05, 3.63) is 88.1 Å².